The third-order valence-corrected chi connectivity index (χ3v) is 5.69. The summed E-state index contributed by atoms with van der Waals surface area (Å²) < 4.78 is 16.6. The summed E-state index contributed by atoms with van der Waals surface area (Å²) in [5.41, 5.74) is 4.05. The van der Waals surface area contributed by atoms with Gasteiger partial charge in [-0.15, -0.1) is 0 Å². The van der Waals surface area contributed by atoms with Gasteiger partial charge in [0.25, 0.3) is 0 Å². The molecule has 1 fully saturated rings. The van der Waals surface area contributed by atoms with E-state index >= 15 is 0 Å². The van der Waals surface area contributed by atoms with Gasteiger partial charge in [0.05, 0.1) is 13.7 Å². The molecule has 1 saturated carbocycles. The summed E-state index contributed by atoms with van der Waals surface area (Å²) in [5.74, 6) is 0.791. The normalized spacial score (nSPS) is 15.7. The summed E-state index contributed by atoms with van der Waals surface area (Å²) in [6.07, 6.45) is 7.03. The van der Waals surface area contributed by atoms with Crippen LogP contribution in [-0.2, 0) is 22.5 Å². The molecule has 0 radical (unpaired) electrons. The lowest BCUT2D eigenvalue weighted by molar-refractivity contribution is -0.0762. The van der Waals surface area contributed by atoms with Crippen LogP contribution < -0.4 is 4.74 Å². The van der Waals surface area contributed by atoms with Gasteiger partial charge in [0.2, 0.25) is 0 Å². The van der Waals surface area contributed by atoms with Gasteiger partial charge in [-0.3, -0.25) is 0 Å². The van der Waals surface area contributed by atoms with E-state index in [1.54, 1.807) is 0 Å². The first kappa shape index (κ1) is 21.4. The van der Waals surface area contributed by atoms with Crippen molar-refractivity contribution in [2.45, 2.75) is 71.2 Å². The molecule has 1 unspecified atom stereocenters. The fourth-order valence-electron chi connectivity index (χ4n) is 3.92. The maximum Gasteiger partial charge on any atom is 0.341 e. The van der Waals surface area contributed by atoms with Gasteiger partial charge in [0.15, 0.2) is 6.29 Å². The Morgan fingerprint density at radius 2 is 1.72 bits per heavy atom. The summed E-state index contributed by atoms with van der Waals surface area (Å²) >= 11 is 0. The SMILES string of the molecule is CCc1ccc(OC(C)OCc2ccc(C3CCCCC3)cc2)c(C(=O)OC)c1. The lowest BCUT2D eigenvalue weighted by Gasteiger charge is -2.22. The van der Waals surface area contributed by atoms with Crippen LogP contribution in [0.4, 0.5) is 0 Å². The minimum absolute atomic E-state index is 0.402. The molecule has 0 amide bonds. The first-order valence-corrected chi connectivity index (χ1v) is 10.7. The number of benzene rings is 2. The van der Waals surface area contributed by atoms with E-state index < -0.39 is 12.3 Å². The quantitative estimate of drug-likeness (QED) is 0.404. The summed E-state index contributed by atoms with van der Waals surface area (Å²) in [7, 11) is 1.38. The Morgan fingerprint density at radius 3 is 2.38 bits per heavy atom. The monoisotopic (exact) mass is 396 g/mol. The molecule has 2 aromatic carbocycles. The molecule has 1 atom stereocenters. The van der Waals surface area contributed by atoms with Crippen molar-refractivity contribution in [3.8, 4) is 5.75 Å². The zero-order valence-corrected chi connectivity index (χ0v) is 17.8. The molecule has 156 valence electrons. The van der Waals surface area contributed by atoms with Crippen LogP contribution in [0.3, 0.4) is 0 Å². The third-order valence-electron chi connectivity index (χ3n) is 5.69. The standard InChI is InChI=1S/C25H32O4/c1-4-19-12-15-24(23(16-19)25(26)27-3)29-18(2)28-17-20-10-13-22(14-11-20)21-8-6-5-7-9-21/h10-16,18,21H,4-9,17H2,1-3H3. The first-order chi connectivity index (χ1) is 14.1. The molecule has 0 aromatic heterocycles. The van der Waals surface area contributed by atoms with Gasteiger partial charge in [-0.25, -0.2) is 4.79 Å². The molecule has 2 aromatic rings. The van der Waals surface area contributed by atoms with Gasteiger partial charge in [-0.1, -0.05) is 56.5 Å². The van der Waals surface area contributed by atoms with Gasteiger partial charge < -0.3 is 14.2 Å². The number of aryl methyl sites for hydroxylation is 1. The maximum atomic E-state index is 12.1. The van der Waals surface area contributed by atoms with Crippen LogP contribution in [-0.4, -0.2) is 19.4 Å². The van der Waals surface area contributed by atoms with Gasteiger partial charge in [0.1, 0.15) is 11.3 Å². The van der Waals surface area contributed by atoms with Crippen LogP contribution in [0.5, 0.6) is 5.75 Å². The highest BCUT2D eigenvalue weighted by Crippen LogP contribution is 2.32. The van der Waals surface area contributed by atoms with Crippen molar-refractivity contribution in [1.29, 1.82) is 0 Å². The van der Waals surface area contributed by atoms with Crippen molar-refractivity contribution in [2.24, 2.45) is 0 Å². The second kappa shape index (κ2) is 10.4. The Hall–Kier alpha value is -2.33. The molecular formula is C25H32O4. The molecule has 0 N–H and O–H groups in total. The molecule has 4 nitrogen and oxygen atoms in total. The largest absolute Gasteiger partial charge is 0.465 e. The van der Waals surface area contributed by atoms with E-state index in [1.807, 2.05) is 32.0 Å². The second-order valence-corrected chi connectivity index (χ2v) is 7.75. The Labute approximate surface area is 174 Å². The fraction of sp³-hybridized carbons (Fsp3) is 0.480. The van der Waals surface area contributed by atoms with Gasteiger partial charge in [-0.2, -0.15) is 0 Å². The van der Waals surface area contributed by atoms with Crippen LogP contribution >= 0.6 is 0 Å². The number of carbonyl (C=O) groups is 1. The minimum Gasteiger partial charge on any atom is -0.465 e. The number of hydrogen-bond donors (Lipinski definition) is 0. The van der Waals surface area contributed by atoms with Crippen molar-refractivity contribution in [3.63, 3.8) is 0 Å². The zero-order valence-electron chi connectivity index (χ0n) is 17.8. The Bertz CT molecular complexity index is 791. The summed E-state index contributed by atoms with van der Waals surface area (Å²) in [5, 5.41) is 0. The van der Waals surface area contributed by atoms with E-state index in [9.17, 15) is 4.79 Å². The molecular weight excluding hydrogens is 364 g/mol. The highest BCUT2D eigenvalue weighted by molar-refractivity contribution is 5.92. The molecule has 0 aliphatic heterocycles. The first-order valence-electron chi connectivity index (χ1n) is 10.7. The average molecular weight is 397 g/mol. The van der Waals surface area contributed by atoms with Crippen LogP contribution in [0, 0.1) is 0 Å². The highest BCUT2D eigenvalue weighted by Gasteiger charge is 2.17. The Balaban J connectivity index is 1.57. The van der Waals surface area contributed by atoms with Crippen molar-refractivity contribution >= 4 is 5.97 Å². The minimum atomic E-state index is -0.482. The molecule has 4 heteroatoms. The predicted octanol–water partition coefficient (Wildman–Crippen LogP) is 6.02. The van der Waals surface area contributed by atoms with Crippen molar-refractivity contribution in [1.82, 2.24) is 0 Å². The van der Waals surface area contributed by atoms with E-state index in [0.29, 0.717) is 23.8 Å². The van der Waals surface area contributed by atoms with Crippen LogP contribution in [0.2, 0.25) is 0 Å². The summed E-state index contributed by atoms with van der Waals surface area (Å²) in [4.78, 5) is 12.1. The topological polar surface area (TPSA) is 44.8 Å². The van der Waals surface area contributed by atoms with Crippen molar-refractivity contribution < 1.29 is 19.0 Å². The van der Waals surface area contributed by atoms with Gasteiger partial charge in [0, 0.05) is 0 Å². The average Bonchev–Trinajstić information content (AvgIpc) is 2.78. The second-order valence-electron chi connectivity index (χ2n) is 7.75. The van der Waals surface area contributed by atoms with Crippen LogP contribution in [0.25, 0.3) is 0 Å². The van der Waals surface area contributed by atoms with E-state index in [-0.39, 0.29) is 0 Å². The van der Waals surface area contributed by atoms with Gasteiger partial charge in [-0.05, 0) is 60.9 Å². The van der Waals surface area contributed by atoms with E-state index in [0.717, 1.165) is 17.5 Å². The van der Waals surface area contributed by atoms with Crippen LogP contribution in [0.1, 0.15) is 78.9 Å². The lowest BCUT2D eigenvalue weighted by Crippen LogP contribution is -2.18. The van der Waals surface area contributed by atoms with Crippen molar-refractivity contribution in [3.05, 3.63) is 64.7 Å². The number of carbonyl (C=O) groups excluding carboxylic acids is 1. The molecule has 0 heterocycles. The van der Waals surface area contributed by atoms with E-state index in [1.165, 1.54) is 44.8 Å². The molecule has 29 heavy (non-hydrogen) atoms. The zero-order chi connectivity index (χ0) is 20.6. The fourth-order valence-corrected chi connectivity index (χ4v) is 3.92. The Kier molecular flexibility index (Phi) is 7.70. The van der Waals surface area contributed by atoms with Crippen LogP contribution in [0.15, 0.2) is 42.5 Å². The smallest absolute Gasteiger partial charge is 0.341 e. The molecule has 1 aliphatic carbocycles. The molecule has 1 aliphatic rings. The predicted molar refractivity (Wildman–Crippen MR) is 114 cm³/mol. The number of esters is 1. The molecule has 0 spiro atoms. The number of methoxy groups -OCH3 is 1. The summed E-state index contributed by atoms with van der Waals surface area (Å²) in [6, 6.07) is 14.3. The van der Waals surface area contributed by atoms with E-state index in [2.05, 4.69) is 24.3 Å². The van der Waals surface area contributed by atoms with Gasteiger partial charge >= 0.3 is 5.97 Å². The lowest BCUT2D eigenvalue weighted by atomic mass is 9.84. The number of rotatable bonds is 8. The highest BCUT2D eigenvalue weighted by atomic mass is 16.7. The number of hydrogen-bond acceptors (Lipinski definition) is 4. The number of ether oxygens (including phenoxy) is 3. The summed E-state index contributed by atoms with van der Waals surface area (Å²) in [6.45, 7) is 4.35. The third kappa shape index (κ3) is 5.83. The van der Waals surface area contributed by atoms with E-state index in [4.69, 9.17) is 14.2 Å². The van der Waals surface area contributed by atoms with Crippen molar-refractivity contribution in [2.75, 3.05) is 7.11 Å². The Morgan fingerprint density at radius 1 is 1.03 bits per heavy atom. The molecule has 3 rings (SSSR count). The molecule has 0 saturated heterocycles. The maximum absolute atomic E-state index is 12.1. The molecule has 0 bridgehead atoms.